The van der Waals surface area contributed by atoms with Crippen LogP contribution in [0.3, 0.4) is 0 Å². The zero-order valence-corrected chi connectivity index (χ0v) is 12.9. The Morgan fingerprint density at radius 3 is 2.71 bits per heavy atom. The highest BCUT2D eigenvalue weighted by atomic mass is 19.1. The molecule has 21 heavy (non-hydrogen) atoms. The van der Waals surface area contributed by atoms with Gasteiger partial charge in [-0.3, -0.25) is 4.79 Å². The third-order valence-electron chi connectivity index (χ3n) is 3.73. The van der Waals surface area contributed by atoms with Gasteiger partial charge in [-0.2, -0.15) is 0 Å². The van der Waals surface area contributed by atoms with Crippen molar-refractivity contribution < 1.29 is 9.18 Å². The van der Waals surface area contributed by atoms with Gasteiger partial charge >= 0.3 is 0 Å². The molecule has 4 heteroatoms. The lowest BCUT2D eigenvalue weighted by atomic mass is 10.1. The molecule has 0 atom stereocenters. The van der Waals surface area contributed by atoms with E-state index < -0.39 is 0 Å². The smallest absolute Gasteiger partial charge is 0.223 e. The van der Waals surface area contributed by atoms with Gasteiger partial charge in [-0.05, 0) is 31.9 Å². The molecule has 1 saturated carbocycles. The average Bonchev–Trinajstić information content (AvgIpc) is 3.27. The normalized spacial score (nSPS) is 14.5. The summed E-state index contributed by atoms with van der Waals surface area (Å²) in [6.45, 7) is 5.43. The number of hydrogen-bond acceptors (Lipinski definition) is 2. The summed E-state index contributed by atoms with van der Waals surface area (Å²) in [7, 11) is 0. The Kier molecular flexibility index (Phi) is 5.74. The Balaban J connectivity index is 1.87. The highest BCUT2D eigenvalue weighted by Crippen LogP contribution is 2.29. The Bertz CT molecular complexity index is 472. The zero-order chi connectivity index (χ0) is 15.2. The molecule has 116 valence electrons. The van der Waals surface area contributed by atoms with Crippen molar-refractivity contribution in [3.8, 4) is 0 Å². The number of benzene rings is 1. The standard InChI is InChI=1S/C17H25FN2O/c1-13(2)19-11-5-8-17(21)20(15-9-10-15)12-14-6-3-4-7-16(14)18/h3-4,6-7,13,15,19H,5,8-12H2,1-2H3. The molecular weight excluding hydrogens is 267 g/mol. The Hall–Kier alpha value is -1.42. The average molecular weight is 292 g/mol. The van der Waals surface area contributed by atoms with Crippen molar-refractivity contribution in [1.82, 2.24) is 10.2 Å². The number of amides is 1. The van der Waals surface area contributed by atoms with Gasteiger partial charge in [0, 0.05) is 30.6 Å². The maximum atomic E-state index is 13.7. The number of nitrogens with zero attached hydrogens (tertiary/aromatic N) is 1. The zero-order valence-electron chi connectivity index (χ0n) is 12.9. The number of carbonyl (C=O) groups excluding carboxylic acids is 1. The summed E-state index contributed by atoms with van der Waals surface area (Å²) in [6, 6.07) is 7.48. The topological polar surface area (TPSA) is 32.3 Å². The van der Waals surface area contributed by atoms with Crippen LogP contribution in [0.2, 0.25) is 0 Å². The third kappa shape index (κ3) is 5.12. The lowest BCUT2D eigenvalue weighted by molar-refractivity contribution is -0.132. The van der Waals surface area contributed by atoms with Gasteiger partial charge in [0.1, 0.15) is 5.82 Å². The Morgan fingerprint density at radius 1 is 1.38 bits per heavy atom. The lowest BCUT2D eigenvalue weighted by Crippen LogP contribution is -2.33. The van der Waals surface area contributed by atoms with Crippen LogP contribution >= 0.6 is 0 Å². The van der Waals surface area contributed by atoms with Crippen LogP contribution in [-0.4, -0.2) is 29.4 Å². The minimum Gasteiger partial charge on any atom is -0.335 e. The third-order valence-corrected chi connectivity index (χ3v) is 3.73. The Labute approximate surface area is 126 Å². The maximum Gasteiger partial charge on any atom is 0.223 e. The van der Waals surface area contributed by atoms with E-state index >= 15 is 0 Å². The first-order valence-corrected chi connectivity index (χ1v) is 7.84. The quantitative estimate of drug-likeness (QED) is 0.747. The van der Waals surface area contributed by atoms with Crippen molar-refractivity contribution in [2.75, 3.05) is 6.54 Å². The van der Waals surface area contributed by atoms with Crippen LogP contribution in [0.1, 0.15) is 45.1 Å². The first-order chi connectivity index (χ1) is 10.1. The molecule has 1 N–H and O–H groups in total. The van der Waals surface area contributed by atoms with Crippen molar-refractivity contribution in [2.24, 2.45) is 0 Å². The number of hydrogen-bond donors (Lipinski definition) is 1. The first-order valence-electron chi connectivity index (χ1n) is 7.84. The van der Waals surface area contributed by atoms with Gasteiger partial charge in [0.25, 0.3) is 0 Å². The van der Waals surface area contributed by atoms with Gasteiger partial charge in [0.2, 0.25) is 5.91 Å². The van der Waals surface area contributed by atoms with Gasteiger partial charge in [-0.25, -0.2) is 4.39 Å². The van der Waals surface area contributed by atoms with E-state index in [1.165, 1.54) is 6.07 Å². The second kappa shape index (κ2) is 7.55. The molecule has 1 aromatic carbocycles. The van der Waals surface area contributed by atoms with Crippen molar-refractivity contribution in [3.05, 3.63) is 35.6 Å². The molecular formula is C17H25FN2O. The van der Waals surface area contributed by atoms with E-state index in [1.54, 1.807) is 12.1 Å². The fourth-order valence-electron chi connectivity index (χ4n) is 2.39. The number of carbonyl (C=O) groups is 1. The van der Waals surface area contributed by atoms with Crippen LogP contribution in [0.5, 0.6) is 0 Å². The molecule has 0 bridgehead atoms. The number of halogens is 1. The summed E-state index contributed by atoms with van der Waals surface area (Å²) in [5.74, 6) is -0.0799. The van der Waals surface area contributed by atoms with Crippen molar-refractivity contribution in [2.45, 2.75) is 58.2 Å². The van der Waals surface area contributed by atoms with Crippen molar-refractivity contribution in [1.29, 1.82) is 0 Å². The van der Waals surface area contributed by atoms with E-state index in [0.29, 0.717) is 30.6 Å². The number of nitrogens with one attached hydrogen (secondary N) is 1. The molecule has 0 aromatic heterocycles. The minimum absolute atomic E-state index is 0.145. The molecule has 1 fully saturated rings. The summed E-state index contributed by atoms with van der Waals surface area (Å²) in [5, 5.41) is 3.31. The highest BCUT2D eigenvalue weighted by molar-refractivity contribution is 5.76. The second-order valence-electron chi connectivity index (χ2n) is 6.06. The predicted molar refractivity (Wildman–Crippen MR) is 82.3 cm³/mol. The van der Waals surface area contributed by atoms with Crippen LogP contribution in [0.15, 0.2) is 24.3 Å². The minimum atomic E-state index is -0.225. The maximum absolute atomic E-state index is 13.7. The summed E-state index contributed by atoms with van der Waals surface area (Å²) < 4.78 is 13.7. The fourth-order valence-corrected chi connectivity index (χ4v) is 2.39. The van der Waals surface area contributed by atoms with E-state index in [4.69, 9.17) is 0 Å². The van der Waals surface area contributed by atoms with Gasteiger partial charge < -0.3 is 10.2 Å². The summed E-state index contributed by atoms with van der Waals surface area (Å²) >= 11 is 0. The summed E-state index contributed by atoms with van der Waals surface area (Å²) in [4.78, 5) is 14.2. The molecule has 1 aromatic rings. The molecule has 0 heterocycles. The first kappa shape index (κ1) is 16.0. The predicted octanol–water partition coefficient (Wildman–Crippen LogP) is 3.09. The Morgan fingerprint density at radius 2 is 2.10 bits per heavy atom. The molecule has 0 aliphatic heterocycles. The van der Waals surface area contributed by atoms with Crippen molar-refractivity contribution in [3.63, 3.8) is 0 Å². The lowest BCUT2D eigenvalue weighted by Gasteiger charge is -2.23. The van der Waals surface area contributed by atoms with Crippen LogP contribution in [0, 0.1) is 5.82 Å². The molecule has 0 unspecified atom stereocenters. The summed E-state index contributed by atoms with van der Waals surface area (Å²) in [5.41, 5.74) is 0.609. The van der Waals surface area contributed by atoms with E-state index in [9.17, 15) is 9.18 Å². The van der Waals surface area contributed by atoms with Crippen LogP contribution in [0.25, 0.3) is 0 Å². The fraction of sp³-hybridized carbons (Fsp3) is 0.588. The van der Waals surface area contributed by atoms with Crippen LogP contribution in [0.4, 0.5) is 4.39 Å². The SMILES string of the molecule is CC(C)NCCCC(=O)N(Cc1ccccc1F)C1CC1. The van der Waals surface area contributed by atoms with Gasteiger partial charge in [0.05, 0.1) is 0 Å². The van der Waals surface area contributed by atoms with E-state index in [-0.39, 0.29) is 11.7 Å². The molecule has 0 radical (unpaired) electrons. The molecule has 1 aliphatic rings. The van der Waals surface area contributed by atoms with Crippen LogP contribution < -0.4 is 5.32 Å². The molecule has 3 nitrogen and oxygen atoms in total. The molecule has 0 saturated heterocycles. The molecule has 2 rings (SSSR count). The van der Waals surface area contributed by atoms with E-state index in [1.807, 2.05) is 11.0 Å². The van der Waals surface area contributed by atoms with Crippen molar-refractivity contribution >= 4 is 5.91 Å². The molecule has 1 aliphatic carbocycles. The largest absolute Gasteiger partial charge is 0.335 e. The second-order valence-corrected chi connectivity index (χ2v) is 6.06. The summed E-state index contributed by atoms with van der Waals surface area (Å²) in [6.07, 6.45) is 3.46. The van der Waals surface area contributed by atoms with Gasteiger partial charge in [-0.15, -0.1) is 0 Å². The van der Waals surface area contributed by atoms with Crippen LogP contribution in [-0.2, 0) is 11.3 Å². The van der Waals surface area contributed by atoms with E-state index in [2.05, 4.69) is 19.2 Å². The monoisotopic (exact) mass is 292 g/mol. The highest BCUT2D eigenvalue weighted by Gasteiger charge is 2.32. The van der Waals surface area contributed by atoms with E-state index in [0.717, 1.165) is 25.8 Å². The van der Waals surface area contributed by atoms with Gasteiger partial charge in [-0.1, -0.05) is 32.0 Å². The number of rotatable bonds is 8. The van der Waals surface area contributed by atoms with Gasteiger partial charge in [0.15, 0.2) is 0 Å². The molecule has 0 spiro atoms. The molecule has 1 amide bonds.